The number of rotatable bonds is 4. The zero-order chi connectivity index (χ0) is 15.3. The molecule has 0 spiro atoms. The van der Waals surface area contributed by atoms with Gasteiger partial charge in [0.05, 0.1) is 7.11 Å². The topological polar surface area (TPSA) is 26.3 Å². The molecule has 21 heavy (non-hydrogen) atoms. The van der Waals surface area contributed by atoms with Crippen molar-refractivity contribution in [1.29, 1.82) is 0 Å². The number of carbonyl (C=O) groups excluding carboxylic acids is 1. The van der Waals surface area contributed by atoms with Crippen molar-refractivity contribution < 1.29 is 9.53 Å². The minimum Gasteiger partial charge on any atom is -0.466 e. The number of hydrogen-bond acceptors (Lipinski definition) is 2. The molecule has 0 bridgehead atoms. The molecule has 0 fully saturated rings. The number of benzene rings is 2. The van der Waals surface area contributed by atoms with Crippen LogP contribution < -0.4 is 5.19 Å². The molecule has 0 aliphatic rings. The van der Waals surface area contributed by atoms with E-state index < -0.39 is 8.07 Å². The smallest absolute Gasteiger partial charge is 0.330 e. The minimum atomic E-state index is -2.09. The van der Waals surface area contributed by atoms with Gasteiger partial charge in [0.1, 0.15) is 8.07 Å². The van der Waals surface area contributed by atoms with Crippen molar-refractivity contribution in [3.8, 4) is 0 Å². The van der Waals surface area contributed by atoms with Gasteiger partial charge < -0.3 is 4.74 Å². The average molecular weight is 296 g/mol. The van der Waals surface area contributed by atoms with Crippen molar-refractivity contribution in [3.05, 3.63) is 71.4 Å². The first-order chi connectivity index (χ1) is 10.1. The quantitative estimate of drug-likeness (QED) is 0.491. The summed E-state index contributed by atoms with van der Waals surface area (Å²) in [5.74, 6) is -0.237. The van der Waals surface area contributed by atoms with Crippen LogP contribution in [0.2, 0.25) is 13.1 Å². The Labute approximate surface area is 127 Å². The molecular formula is C18H20O2Si. The van der Waals surface area contributed by atoms with Crippen LogP contribution in [0.5, 0.6) is 0 Å². The Morgan fingerprint density at radius 2 is 1.48 bits per heavy atom. The molecule has 0 N–H and O–H groups in total. The molecule has 2 aromatic carbocycles. The van der Waals surface area contributed by atoms with Crippen molar-refractivity contribution in [2.45, 2.75) is 13.1 Å². The maximum atomic E-state index is 12.3. The summed E-state index contributed by atoms with van der Waals surface area (Å²) in [7, 11) is -0.648. The highest BCUT2D eigenvalue weighted by Gasteiger charge is 2.33. The second kappa shape index (κ2) is 6.55. The van der Waals surface area contributed by atoms with E-state index in [9.17, 15) is 4.79 Å². The Hall–Kier alpha value is -2.13. The molecule has 3 heteroatoms. The van der Waals surface area contributed by atoms with Gasteiger partial charge in [-0.1, -0.05) is 78.9 Å². The van der Waals surface area contributed by atoms with Crippen LogP contribution in [0.25, 0.3) is 6.08 Å². The first kappa shape index (κ1) is 15.3. The molecule has 0 atom stereocenters. The number of hydrogen-bond donors (Lipinski definition) is 0. The lowest BCUT2D eigenvalue weighted by Crippen LogP contribution is -2.46. The molecule has 0 aliphatic heterocycles. The fourth-order valence-corrected chi connectivity index (χ4v) is 4.81. The molecule has 0 saturated heterocycles. The van der Waals surface area contributed by atoms with Crippen molar-refractivity contribution >= 4 is 25.3 Å². The van der Waals surface area contributed by atoms with E-state index in [1.54, 1.807) is 0 Å². The van der Waals surface area contributed by atoms with Gasteiger partial charge in [0.2, 0.25) is 0 Å². The third-order valence-corrected chi connectivity index (χ3v) is 7.16. The summed E-state index contributed by atoms with van der Waals surface area (Å²) in [6.07, 6.45) is 1.96. The third kappa shape index (κ3) is 3.50. The van der Waals surface area contributed by atoms with E-state index in [4.69, 9.17) is 4.74 Å². The molecule has 108 valence electrons. The van der Waals surface area contributed by atoms with Crippen LogP contribution in [-0.4, -0.2) is 21.2 Å². The van der Waals surface area contributed by atoms with Gasteiger partial charge >= 0.3 is 5.97 Å². The van der Waals surface area contributed by atoms with E-state index in [1.165, 1.54) is 12.3 Å². The maximum Gasteiger partial charge on any atom is 0.330 e. The van der Waals surface area contributed by atoms with E-state index in [1.807, 2.05) is 54.6 Å². The van der Waals surface area contributed by atoms with Gasteiger partial charge in [-0.05, 0) is 11.6 Å². The Kier molecular flexibility index (Phi) is 4.76. The van der Waals surface area contributed by atoms with Crippen LogP contribution in [0.15, 0.2) is 65.9 Å². The lowest BCUT2D eigenvalue weighted by Gasteiger charge is -2.25. The monoisotopic (exact) mass is 296 g/mol. The molecular weight excluding hydrogens is 276 g/mol. The molecule has 0 aromatic heterocycles. The van der Waals surface area contributed by atoms with E-state index in [0.29, 0.717) is 0 Å². The largest absolute Gasteiger partial charge is 0.466 e. The van der Waals surface area contributed by atoms with Crippen LogP contribution in [-0.2, 0) is 9.53 Å². The summed E-state index contributed by atoms with van der Waals surface area (Å²) in [4.78, 5) is 12.3. The molecule has 0 unspecified atom stereocenters. The van der Waals surface area contributed by atoms with E-state index in [0.717, 1.165) is 10.8 Å². The standard InChI is InChI=1S/C18H20O2Si/c1-20-18(19)17(14-15-10-6-4-7-11-15)21(2,3)16-12-8-5-9-13-16/h4-14H,1-3H3/b17-14+. The highest BCUT2D eigenvalue weighted by atomic mass is 28.3. The second-order valence-electron chi connectivity index (χ2n) is 5.45. The molecule has 2 nitrogen and oxygen atoms in total. The molecule has 0 saturated carbocycles. The summed E-state index contributed by atoms with van der Waals surface area (Å²) in [6, 6.07) is 20.1. The van der Waals surface area contributed by atoms with Crippen molar-refractivity contribution in [2.75, 3.05) is 7.11 Å². The molecule has 0 amide bonds. The van der Waals surface area contributed by atoms with Gasteiger partial charge in [-0.15, -0.1) is 0 Å². The molecule has 2 rings (SSSR count). The lowest BCUT2D eigenvalue weighted by molar-refractivity contribution is -0.135. The van der Waals surface area contributed by atoms with Gasteiger partial charge in [0.15, 0.2) is 0 Å². The summed E-state index contributed by atoms with van der Waals surface area (Å²) in [6.45, 7) is 4.35. The fraction of sp³-hybridized carbons (Fsp3) is 0.167. The van der Waals surface area contributed by atoms with Crippen molar-refractivity contribution in [1.82, 2.24) is 0 Å². The summed E-state index contributed by atoms with van der Waals surface area (Å²) < 4.78 is 5.02. The zero-order valence-electron chi connectivity index (χ0n) is 12.7. The summed E-state index contributed by atoms with van der Waals surface area (Å²) >= 11 is 0. The van der Waals surface area contributed by atoms with Crippen LogP contribution in [0.1, 0.15) is 5.56 Å². The van der Waals surface area contributed by atoms with Gasteiger partial charge in [0, 0.05) is 5.20 Å². The lowest BCUT2D eigenvalue weighted by atomic mass is 10.2. The van der Waals surface area contributed by atoms with Gasteiger partial charge in [-0.25, -0.2) is 4.79 Å². The number of methoxy groups -OCH3 is 1. The number of ether oxygens (including phenoxy) is 1. The Bertz CT molecular complexity index is 631. The average Bonchev–Trinajstić information content (AvgIpc) is 2.53. The van der Waals surface area contributed by atoms with E-state index >= 15 is 0 Å². The summed E-state index contributed by atoms with van der Waals surface area (Å²) in [5.41, 5.74) is 1.02. The van der Waals surface area contributed by atoms with Crippen LogP contribution in [0.3, 0.4) is 0 Å². The van der Waals surface area contributed by atoms with Gasteiger partial charge in [0.25, 0.3) is 0 Å². The zero-order valence-corrected chi connectivity index (χ0v) is 13.7. The first-order valence-electron chi connectivity index (χ1n) is 6.97. The normalized spacial score (nSPS) is 12.0. The third-order valence-electron chi connectivity index (χ3n) is 3.68. The highest BCUT2D eigenvalue weighted by molar-refractivity contribution is 6.99. The maximum absolute atomic E-state index is 12.3. The Morgan fingerprint density at radius 1 is 0.952 bits per heavy atom. The predicted octanol–water partition coefficient (Wildman–Crippen LogP) is 3.40. The minimum absolute atomic E-state index is 0.237. The number of esters is 1. The molecule has 0 aliphatic carbocycles. The second-order valence-corrected chi connectivity index (χ2v) is 9.82. The van der Waals surface area contributed by atoms with E-state index in [-0.39, 0.29) is 5.97 Å². The summed E-state index contributed by atoms with van der Waals surface area (Å²) in [5, 5.41) is 2.00. The Morgan fingerprint density at radius 3 is 2.00 bits per heavy atom. The first-order valence-corrected chi connectivity index (χ1v) is 9.97. The number of carbonyl (C=O) groups is 1. The van der Waals surface area contributed by atoms with Crippen molar-refractivity contribution in [2.24, 2.45) is 0 Å². The predicted molar refractivity (Wildman–Crippen MR) is 90.0 cm³/mol. The van der Waals surface area contributed by atoms with Crippen LogP contribution in [0.4, 0.5) is 0 Å². The fourth-order valence-electron chi connectivity index (χ4n) is 2.33. The van der Waals surface area contributed by atoms with Gasteiger partial charge in [-0.3, -0.25) is 0 Å². The Balaban J connectivity index is 2.51. The van der Waals surface area contributed by atoms with Crippen LogP contribution >= 0.6 is 0 Å². The van der Waals surface area contributed by atoms with Gasteiger partial charge in [-0.2, -0.15) is 0 Å². The molecule has 0 radical (unpaired) electrons. The highest BCUT2D eigenvalue weighted by Crippen LogP contribution is 2.20. The SMILES string of the molecule is COC(=O)/C(=C\c1ccccc1)[Si](C)(C)c1ccccc1. The van der Waals surface area contributed by atoms with Crippen LogP contribution in [0, 0.1) is 0 Å². The van der Waals surface area contributed by atoms with E-state index in [2.05, 4.69) is 25.2 Å². The van der Waals surface area contributed by atoms with Crippen molar-refractivity contribution in [3.63, 3.8) is 0 Å². The molecule has 0 heterocycles. The molecule has 2 aromatic rings.